The molecule has 0 N–H and O–H groups in total. The predicted octanol–water partition coefficient (Wildman–Crippen LogP) is 0.863. The molecule has 2 heterocycles. The van der Waals surface area contributed by atoms with Crippen molar-refractivity contribution in [3.8, 4) is 0 Å². The summed E-state index contributed by atoms with van der Waals surface area (Å²) < 4.78 is 2.26. The highest BCUT2D eigenvalue weighted by atomic mass is 16.2. The van der Waals surface area contributed by atoms with Crippen LogP contribution in [-0.2, 0) is 18.4 Å². The Hall–Kier alpha value is -2.89. The number of carbonyl (C=O) groups is 1. The minimum Gasteiger partial charge on any atom is -0.337 e. The highest BCUT2D eigenvalue weighted by Gasteiger charge is 2.18. The summed E-state index contributed by atoms with van der Waals surface area (Å²) in [5, 5.41) is 0. The highest BCUT2D eigenvalue weighted by molar-refractivity contribution is 5.78. The fourth-order valence-corrected chi connectivity index (χ4v) is 2.79. The Morgan fingerprint density at radius 2 is 1.88 bits per heavy atom. The molecule has 0 radical (unpaired) electrons. The molecule has 0 saturated carbocycles. The lowest BCUT2D eigenvalue weighted by Crippen LogP contribution is -2.42. The van der Waals surface area contributed by atoms with Gasteiger partial charge < -0.3 is 4.90 Å². The van der Waals surface area contributed by atoms with Crippen molar-refractivity contribution in [2.24, 2.45) is 7.05 Å². The molecule has 0 saturated heterocycles. The smallest absolute Gasteiger partial charge is 0.331 e. The zero-order valence-corrected chi connectivity index (χ0v) is 13.5. The largest absolute Gasteiger partial charge is 0.337 e. The third kappa shape index (κ3) is 3.22. The summed E-state index contributed by atoms with van der Waals surface area (Å²) in [7, 11) is 1.40. The molecule has 1 aliphatic heterocycles. The minimum atomic E-state index is -0.478. The number of hydrogen-bond donors (Lipinski definition) is 0. The van der Waals surface area contributed by atoms with Crippen LogP contribution in [0.2, 0.25) is 0 Å². The zero-order valence-electron chi connectivity index (χ0n) is 13.5. The van der Waals surface area contributed by atoms with Crippen LogP contribution in [0.15, 0.2) is 58.3 Å². The van der Waals surface area contributed by atoms with Gasteiger partial charge in [0.15, 0.2) is 0 Å². The van der Waals surface area contributed by atoms with E-state index in [1.54, 1.807) is 4.90 Å². The van der Waals surface area contributed by atoms with E-state index in [4.69, 9.17) is 0 Å². The van der Waals surface area contributed by atoms with E-state index in [1.165, 1.54) is 35.0 Å². The second-order valence-corrected chi connectivity index (χ2v) is 5.81. The summed E-state index contributed by atoms with van der Waals surface area (Å²) in [4.78, 5) is 37.5. The van der Waals surface area contributed by atoms with Crippen molar-refractivity contribution in [1.29, 1.82) is 0 Å². The molecular weight excluding hydrogens is 306 g/mol. The number of carbonyl (C=O) groups excluding carboxylic acids is 1. The Bertz CT molecular complexity index is 894. The molecule has 1 aromatic carbocycles. The second-order valence-electron chi connectivity index (χ2n) is 5.81. The standard InChI is InChI=1S/C18H19N3O3/c1-19-16(22)9-12-21(18(19)24)13-17(23)20-10-7-15(8-11-20)14-5-3-2-4-6-14/h2-7,9,12H,8,10-11,13H2,1H3. The van der Waals surface area contributed by atoms with Crippen LogP contribution in [0.4, 0.5) is 0 Å². The molecule has 1 aliphatic rings. The van der Waals surface area contributed by atoms with E-state index in [1.807, 2.05) is 18.2 Å². The number of hydrogen-bond acceptors (Lipinski definition) is 3. The van der Waals surface area contributed by atoms with Crippen LogP contribution in [0, 0.1) is 0 Å². The molecule has 0 spiro atoms. The molecule has 6 nitrogen and oxygen atoms in total. The number of nitrogens with zero attached hydrogens (tertiary/aromatic N) is 3. The minimum absolute atomic E-state index is 0.0541. The monoisotopic (exact) mass is 325 g/mol. The van der Waals surface area contributed by atoms with Gasteiger partial charge in [0.05, 0.1) is 0 Å². The molecule has 6 heteroatoms. The van der Waals surface area contributed by atoms with Gasteiger partial charge in [-0.25, -0.2) is 4.79 Å². The van der Waals surface area contributed by atoms with Crippen LogP contribution in [0.25, 0.3) is 5.57 Å². The fourth-order valence-electron chi connectivity index (χ4n) is 2.79. The molecule has 1 amide bonds. The number of amides is 1. The lowest BCUT2D eigenvalue weighted by molar-refractivity contribution is -0.131. The third-order valence-electron chi connectivity index (χ3n) is 4.27. The van der Waals surface area contributed by atoms with Crippen molar-refractivity contribution in [3.05, 3.63) is 75.1 Å². The average Bonchev–Trinajstić information content (AvgIpc) is 2.63. The Morgan fingerprint density at radius 1 is 1.12 bits per heavy atom. The topological polar surface area (TPSA) is 64.3 Å². The summed E-state index contributed by atoms with van der Waals surface area (Å²) in [6.45, 7) is 1.10. The Labute approximate surface area is 139 Å². The lowest BCUT2D eigenvalue weighted by Gasteiger charge is -2.27. The maximum atomic E-state index is 12.4. The van der Waals surface area contributed by atoms with Gasteiger partial charge in [-0.1, -0.05) is 36.4 Å². The highest BCUT2D eigenvalue weighted by Crippen LogP contribution is 2.21. The van der Waals surface area contributed by atoms with Gasteiger partial charge in [0, 0.05) is 32.4 Å². The maximum absolute atomic E-state index is 12.4. The van der Waals surface area contributed by atoms with E-state index >= 15 is 0 Å². The van der Waals surface area contributed by atoms with Crippen molar-refractivity contribution in [2.45, 2.75) is 13.0 Å². The Balaban J connectivity index is 1.70. The van der Waals surface area contributed by atoms with Crippen molar-refractivity contribution in [2.75, 3.05) is 13.1 Å². The van der Waals surface area contributed by atoms with E-state index in [0.717, 1.165) is 11.0 Å². The summed E-state index contributed by atoms with van der Waals surface area (Å²) in [6, 6.07) is 11.4. The van der Waals surface area contributed by atoms with Crippen molar-refractivity contribution < 1.29 is 4.79 Å². The molecule has 0 bridgehead atoms. The Morgan fingerprint density at radius 3 is 2.54 bits per heavy atom. The maximum Gasteiger partial charge on any atom is 0.331 e. The van der Waals surface area contributed by atoms with Gasteiger partial charge in [0.1, 0.15) is 6.54 Å². The Kier molecular flexibility index (Phi) is 4.46. The summed E-state index contributed by atoms with van der Waals surface area (Å²) in [5.74, 6) is -0.126. The number of rotatable bonds is 3. The van der Waals surface area contributed by atoms with E-state index < -0.39 is 5.69 Å². The number of aromatic nitrogens is 2. The van der Waals surface area contributed by atoms with Gasteiger partial charge in [-0.2, -0.15) is 0 Å². The summed E-state index contributed by atoms with van der Waals surface area (Å²) in [6.07, 6.45) is 4.22. The molecule has 0 fully saturated rings. The summed E-state index contributed by atoms with van der Waals surface area (Å²) in [5.41, 5.74) is 1.56. The van der Waals surface area contributed by atoms with Crippen LogP contribution in [0.5, 0.6) is 0 Å². The molecule has 24 heavy (non-hydrogen) atoms. The molecule has 3 rings (SSSR count). The fraction of sp³-hybridized carbons (Fsp3) is 0.278. The van der Waals surface area contributed by atoms with Gasteiger partial charge >= 0.3 is 5.69 Å². The first-order chi connectivity index (χ1) is 11.6. The van der Waals surface area contributed by atoms with Crippen LogP contribution in [-0.4, -0.2) is 33.0 Å². The quantitative estimate of drug-likeness (QED) is 0.841. The van der Waals surface area contributed by atoms with Crippen molar-refractivity contribution in [3.63, 3.8) is 0 Å². The molecular formula is C18H19N3O3. The average molecular weight is 325 g/mol. The van der Waals surface area contributed by atoms with Gasteiger partial charge in [0.25, 0.3) is 5.56 Å². The van der Waals surface area contributed by atoms with Crippen LogP contribution in [0.1, 0.15) is 12.0 Å². The van der Waals surface area contributed by atoms with Crippen LogP contribution in [0.3, 0.4) is 0 Å². The van der Waals surface area contributed by atoms with Gasteiger partial charge in [0.2, 0.25) is 5.91 Å². The first-order valence-corrected chi connectivity index (χ1v) is 7.85. The van der Waals surface area contributed by atoms with Gasteiger partial charge in [-0.05, 0) is 17.6 Å². The van der Waals surface area contributed by atoms with Crippen molar-refractivity contribution >= 4 is 11.5 Å². The van der Waals surface area contributed by atoms with E-state index in [9.17, 15) is 14.4 Å². The normalized spacial score (nSPS) is 14.4. The first-order valence-electron chi connectivity index (χ1n) is 7.85. The van der Waals surface area contributed by atoms with Gasteiger partial charge in [-0.3, -0.25) is 18.7 Å². The van der Waals surface area contributed by atoms with E-state index in [0.29, 0.717) is 13.1 Å². The van der Waals surface area contributed by atoms with Gasteiger partial charge in [-0.15, -0.1) is 0 Å². The molecule has 0 unspecified atom stereocenters. The second kappa shape index (κ2) is 6.70. The van der Waals surface area contributed by atoms with Crippen LogP contribution >= 0.6 is 0 Å². The number of benzene rings is 1. The predicted molar refractivity (Wildman–Crippen MR) is 91.6 cm³/mol. The molecule has 0 aliphatic carbocycles. The van der Waals surface area contributed by atoms with Crippen LogP contribution < -0.4 is 11.2 Å². The zero-order chi connectivity index (χ0) is 17.1. The van der Waals surface area contributed by atoms with E-state index in [2.05, 4.69) is 18.2 Å². The first kappa shape index (κ1) is 16.0. The third-order valence-corrected chi connectivity index (χ3v) is 4.27. The van der Waals surface area contributed by atoms with E-state index in [-0.39, 0.29) is 18.0 Å². The molecule has 0 atom stereocenters. The molecule has 124 valence electrons. The summed E-state index contributed by atoms with van der Waals surface area (Å²) >= 11 is 0. The SMILES string of the molecule is Cn1c(=O)ccn(CC(=O)N2CC=C(c3ccccc3)CC2)c1=O. The molecule has 2 aromatic rings. The lowest BCUT2D eigenvalue weighted by atomic mass is 9.99. The van der Waals surface area contributed by atoms with Crippen molar-refractivity contribution in [1.82, 2.24) is 14.0 Å². The molecule has 1 aromatic heterocycles.